The van der Waals surface area contributed by atoms with Gasteiger partial charge in [-0.3, -0.25) is 4.90 Å². The highest BCUT2D eigenvalue weighted by Crippen LogP contribution is 2.42. The zero-order chi connectivity index (χ0) is 23.7. The number of hydrogen-bond donors (Lipinski definition) is 2. The Morgan fingerprint density at radius 1 is 0.794 bits per heavy atom. The van der Waals surface area contributed by atoms with Crippen LogP contribution < -0.4 is 10.4 Å². The molecule has 0 unspecified atom stereocenters. The molecule has 0 amide bonds. The lowest BCUT2D eigenvalue weighted by atomic mass is 9.79. The third-order valence-electron chi connectivity index (χ3n) is 7.35. The SMILES string of the molecule is CC(C)N1CCN(c2ccc(C3=C(c4ccc(BO)cc4)CCc4cc(O)ccc43)cc2)CC1. The number of aryl methyl sites for hydroxylation is 1. The molecular weight excluding hydrogens is 419 g/mol. The first-order valence-electron chi connectivity index (χ1n) is 12.4. The van der Waals surface area contributed by atoms with E-state index in [1.165, 1.54) is 39.1 Å². The van der Waals surface area contributed by atoms with E-state index in [1.807, 2.05) is 18.2 Å². The number of piperazine rings is 1. The third-order valence-corrected chi connectivity index (χ3v) is 7.35. The summed E-state index contributed by atoms with van der Waals surface area (Å²) in [5, 5.41) is 19.5. The van der Waals surface area contributed by atoms with Crippen LogP contribution in [0.15, 0.2) is 66.7 Å². The maximum absolute atomic E-state index is 10.1. The number of rotatable bonds is 5. The van der Waals surface area contributed by atoms with E-state index in [2.05, 4.69) is 66.1 Å². The number of aromatic hydroxyl groups is 1. The predicted molar refractivity (Wildman–Crippen MR) is 143 cm³/mol. The lowest BCUT2D eigenvalue weighted by Gasteiger charge is -2.38. The van der Waals surface area contributed by atoms with Crippen LogP contribution in [0.4, 0.5) is 5.69 Å². The minimum Gasteiger partial charge on any atom is -0.508 e. The van der Waals surface area contributed by atoms with Crippen LogP contribution in [0.3, 0.4) is 0 Å². The van der Waals surface area contributed by atoms with Crippen LogP contribution in [0, 0.1) is 0 Å². The molecule has 1 aliphatic heterocycles. The van der Waals surface area contributed by atoms with Gasteiger partial charge in [0.25, 0.3) is 0 Å². The number of phenolic OH excluding ortho intramolecular Hbond substituents is 1. The van der Waals surface area contributed by atoms with Crippen molar-refractivity contribution in [2.24, 2.45) is 0 Å². The molecule has 1 heterocycles. The van der Waals surface area contributed by atoms with Crippen LogP contribution >= 0.6 is 0 Å². The van der Waals surface area contributed by atoms with Gasteiger partial charge in [-0.05, 0) is 84.4 Å². The fourth-order valence-corrected chi connectivity index (χ4v) is 5.34. The van der Waals surface area contributed by atoms with Crippen molar-refractivity contribution in [3.05, 3.63) is 89.0 Å². The molecule has 1 aliphatic carbocycles. The Balaban J connectivity index is 1.51. The second kappa shape index (κ2) is 9.69. The molecule has 5 heteroatoms. The van der Waals surface area contributed by atoms with Crippen LogP contribution in [-0.4, -0.2) is 54.7 Å². The lowest BCUT2D eigenvalue weighted by Crippen LogP contribution is -2.48. The molecule has 5 rings (SSSR count). The number of benzene rings is 3. The molecule has 2 N–H and O–H groups in total. The summed E-state index contributed by atoms with van der Waals surface area (Å²) in [7, 11) is 0.0567. The van der Waals surface area contributed by atoms with E-state index < -0.39 is 0 Å². The summed E-state index contributed by atoms with van der Waals surface area (Å²) in [6.45, 7) is 8.88. The Hall–Kier alpha value is -3.02. The van der Waals surface area contributed by atoms with Crippen molar-refractivity contribution in [2.45, 2.75) is 32.7 Å². The van der Waals surface area contributed by atoms with Crippen LogP contribution in [0.5, 0.6) is 5.75 Å². The van der Waals surface area contributed by atoms with E-state index in [9.17, 15) is 10.1 Å². The zero-order valence-electron chi connectivity index (χ0n) is 20.2. The van der Waals surface area contributed by atoms with Crippen molar-refractivity contribution in [2.75, 3.05) is 31.1 Å². The molecule has 0 aromatic heterocycles. The summed E-state index contributed by atoms with van der Waals surface area (Å²) in [6, 6.07) is 23.6. The maximum Gasteiger partial charge on any atom is 0.304 e. The third kappa shape index (κ3) is 4.50. The van der Waals surface area contributed by atoms with Gasteiger partial charge in [-0.25, -0.2) is 0 Å². The van der Waals surface area contributed by atoms with Crippen molar-refractivity contribution in [3.63, 3.8) is 0 Å². The first-order chi connectivity index (χ1) is 16.5. The van der Waals surface area contributed by atoms with Crippen LogP contribution in [0.2, 0.25) is 0 Å². The number of anilines is 1. The van der Waals surface area contributed by atoms with Crippen molar-refractivity contribution in [1.29, 1.82) is 0 Å². The molecule has 174 valence electrons. The van der Waals surface area contributed by atoms with Gasteiger partial charge in [0, 0.05) is 37.9 Å². The Bertz CT molecular complexity index is 1180. The minimum atomic E-state index is 0.0567. The maximum atomic E-state index is 10.1. The van der Waals surface area contributed by atoms with E-state index in [0.717, 1.165) is 44.5 Å². The average molecular weight is 452 g/mol. The molecule has 0 bridgehead atoms. The predicted octanol–water partition coefficient (Wildman–Crippen LogP) is 3.80. The van der Waals surface area contributed by atoms with E-state index >= 15 is 0 Å². The molecule has 0 atom stereocenters. The number of nitrogens with zero attached hydrogens (tertiary/aromatic N) is 2. The standard InChI is InChI=1S/C29H33BN2O2/c1-20(2)31-15-17-32(18-16-31)25-10-5-22(6-11-25)29-27(21-3-8-24(30-34)9-4-21)13-7-23-19-26(33)12-14-28(23)29/h3-6,8-12,14,19-20,30,33-34H,7,13,15-18H2,1-2H3. The van der Waals surface area contributed by atoms with Gasteiger partial charge in [-0.15, -0.1) is 0 Å². The largest absolute Gasteiger partial charge is 0.508 e. The van der Waals surface area contributed by atoms with Gasteiger partial charge in [0.05, 0.1) is 0 Å². The number of hydrogen-bond acceptors (Lipinski definition) is 4. The van der Waals surface area contributed by atoms with Crippen molar-refractivity contribution < 1.29 is 10.1 Å². The van der Waals surface area contributed by atoms with E-state index in [1.54, 1.807) is 6.07 Å². The average Bonchev–Trinajstić information content (AvgIpc) is 2.88. The van der Waals surface area contributed by atoms with Gasteiger partial charge in [-0.2, -0.15) is 0 Å². The molecule has 0 saturated carbocycles. The van der Waals surface area contributed by atoms with E-state index in [4.69, 9.17) is 0 Å². The summed E-state index contributed by atoms with van der Waals surface area (Å²) < 4.78 is 0. The van der Waals surface area contributed by atoms with Crippen molar-refractivity contribution >= 4 is 29.8 Å². The molecule has 3 aromatic rings. The lowest BCUT2D eigenvalue weighted by molar-refractivity contribution is 0.209. The quantitative estimate of drug-likeness (QED) is 0.579. The molecule has 1 saturated heterocycles. The number of allylic oxidation sites excluding steroid dienone is 1. The molecule has 0 spiro atoms. The highest BCUT2D eigenvalue weighted by molar-refractivity contribution is 6.45. The number of fused-ring (bicyclic) bond motifs is 1. The van der Waals surface area contributed by atoms with Gasteiger partial charge in [-0.1, -0.05) is 47.9 Å². The molecule has 34 heavy (non-hydrogen) atoms. The van der Waals surface area contributed by atoms with Crippen LogP contribution in [0.25, 0.3) is 11.1 Å². The van der Waals surface area contributed by atoms with Gasteiger partial charge in [0.2, 0.25) is 0 Å². The van der Waals surface area contributed by atoms with Crippen molar-refractivity contribution in [3.8, 4) is 5.75 Å². The minimum absolute atomic E-state index is 0.0567. The molecule has 4 nitrogen and oxygen atoms in total. The first kappa shape index (κ1) is 22.8. The van der Waals surface area contributed by atoms with E-state index in [0.29, 0.717) is 11.8 Å². The Morgan fingerprint density at radius 2 is 1.47 bits per heavy atom. The highest BCUT2D eigenvalue weighted by atomic mass is 16.3. The van der Waals surface area contributed by atoms with Gasteiger partial charge < -0.3 is 15.0 Å². The second-order valence-electron chi connectivity index (χ2n) is 9.71. The molecule has 2 aliphatic rings. The van der Waals surface area contributed by atoms with Gasteiger partial charge in [0.15, 0.2) is 0 Å². The summed E-state index contributed by atoms with van der Waals surface area (Å²) in [6.07, 6.45) is 1.83. The summed E-state index contributed by atoms with van der Waals surface area (Å²) in [5.74, 6) is 0.324. The van der Waals surface area contributed by atoms with Gasteiger partial charge in [0.1, 0.15) is 5.75 Å². The van der Waals surface area contributed by atoms with Crippen molar-refractivity contribution in [1.82, 2.24) is 4.90 Å². The highest BCUT2D eigenvalue weighted by Gasteiger charge is 2.23. The molecule has 1 fully saturated rings. The molecule has 0 radical (unpaired) electrons. The Morgan fingerprint density at radius 3 is 2.12 bits per heavy atom. The van der Waals surface area contributed by atoms with Crippen LogP contribution in [-0.2, 0) is 6.42 Å². The van der Waals surface area contributed by atoms with Crippen LogP contribution in [0.1, 0.15) is 42.5 Å². The fraction of sp³-hybridized carbons (Fsp3) is 0.310. The Kier molecular flexibility index (Phi) is 6.49. The molecular formula is C29H33BN2O2. The fourth-order valence-electron chi connectivity index (χ4n) is 5.34. The summed E-state index contributed by atoms with van der Waals surface area (Å²) >= 11 is 0. The first-order valence-corrected chi connectivity index (χ1v) is 12.4. The smallest absolute Gasteiger partial charge is 0.304 e. The second-order valence-corrected chi connectivity index (χ2v) is 9.71. The normalized spacial score (nSPS) is 16.6. The molecule has 3 aromatic carbocycles. The Labute approximate surface area is 203 Å². The monoisotopic (exact) mass is 452 g/mol. The zero-order valence-corrected chi connectivity index (χ0v) is 20.2. The summed E-state index contributed by atoms with van der Waals surface area (Å²) in [5.41, 5.74) is 9.56. The van der Waals surface area contributed by atoms with E-state index in [-0.39, 0.29) is 7.48 Å². The summed E-state index contributed by atoms with van der Waals surface area (Å²) in [4.78, 5) is 5.02. The number of phenols is 1. The van der Waals surface area contributed by atoms with Gasteiger partial charge >= 0.3 is 7.48 Å². The topological polar surface area (TPSA) is 46.9 Å².